The topological polar surface area (TPSA) is 299 Å². The van der Waals surface area contributed by atoms with Crippen molar-refractivity contribution in [1.29, 1.82) is 0 Å². The molecule has 6 aromatic carbocycles. The van der Waals surface area contributed by atoms with Crippen molar-refractivity contribution in [3.8, 4) is 106 Å². The van der Waals surface area contributed by atoms with E-state index in [1.165, 1.54) is 36.8 Å². The minimum absolute atomic E-state index is 0.108. The summed E-state index contributed by atoms with van der Waals surface area (Å²) in [6, 6.07) is 72.3. The number of carbonyl (C=O) groups is 1. The van der Waals surface area contributed by atoms with Crippen LogP contribution in [0.5, 0.6) is 17.2 Å². The van der Waals surface area contributed by atoms with Crippen LogP contribution in [0.25, 0.3) is 133 Å². The van der Waals surface area contributed by atoms with E-state index in [2.05, 4.69) is 75.3 Å². The highest BCUT2D eigenvalue weighted by Gasteiger charge is 2.40. The fraction of sp³-hybridized carbons (Fsp3) is 0.0632. The number of oxazole rings is 1. The summed E-state index contributed by atoms with van der Waals surface area (Å²) in [5.41, 5.74) is 13.0. The van der Waals surface area contributed by atoms with E-state index in [1.54, 1.807) is 201 Å². The minimum Gasteiger partial charge on any atom is -0.507 e. The molecule has 0 atom stereocenters. The largest absolute Gasteiger partial charge is 0.507 e. The molecule has 123 heavy (non-hydrogen) atoms. The van der Waals surface area contributed by atoms with E-state index in [4.69, 9.17) is 27.4 Å². The molecule has 0 unspecified atom stereocenters. The molecule has 0 aliphatic heterocycles. The van der Waals surface area contributed by atoms with Gasteiger partial charge in [0.2, 0.25) is 5.89 Å². The quantitative estimate of drug-likeness (QED) is 0.0616. The number of aromatic nitrogens is 10. The van der Waals surface area contributed by atoms with Gasteiger partial charge in [0.1, 0.15) is 29.2 Å². The lowest BCUT2D eigenvalue weighted by molar-refractivity contribution is 0.110. The first-order valence-electron chi connectivity index (χ1n) is 38.6. The van der Waals surface area contributed by atoms with Gasteiger partial charge >= 0.3 is 0 Å². The molecule has 610 valence electrons. The second-order valence-electron chi connectivity index (χ2n) is 29.9. The molecule has 14 aromatic heterocycles. The summed E-state index contributed by atoms with van der Waals surface area (Å²) in [5.74, 6) is 2.33. The lowest BCUT2D eigenvalue weighted by Crippen LogP contribution is -2.45. The van der Waals surface area contributed by atoms with Crippen LogP contribution < -0.4 is 4.74 Å². The molecule has 0 spiro atoms. The summed E-state index contributed by atoms with van der Waals surface area (Å²) in [5, 5.41) is 15.3. The van der Waals surface area contributed by atoms with Crippen molar-refractivity contribution in [1.82, 2.24) is 46.1 Å². The number of carbonyl (C=O) groups excluding carboxylic acids is 1. The second kappa shape index (κ2) is 33.5. The maximum absolute atomic E-state index is 13.3. The zero-order valence-electron chi connectivity index (χ0n) is 66.4. The van der Waals surface area contributed by atoms with Gasteiger partial charge in [-0.15, -0.1) is 11.3 Å². The summed E-state index contributed by atoms with van der Waals surface area (Å²) < 4.78 is 113. The van der Waals surface area contributed by atoms with Crippen molar-refractivity contribution >= 4 is 100 Å². The maximum atomic E-state index is 13.3. The molecule has 0 amide bonds. The average molecular weight is 1720 g/mol. The van der Waals surface area contributed by atoms with Crippen LogP contribution >= 0.6 is 11.3 Å². The van der Waals surface area contributed by atoms with Gasteiger partial charge in [0.05, 0.1) is 63.5 Å². The highest BCUT2D eigenvalue weighted by Crippen LogP contribution is 2.45. The number of fused-ring (bicyclic) bond motifs is 4. The molecule has 20 aromatic rings. The summed E-state index contributed by atoms with van der Waals surface area (Å²) in [6.07, 6.45) is 27.0. The molecule has 0 fully saturated rings. The number of hydrogen-bond acceptors (Lipinski definition) is 20. The van der Waals surface area contributed by atoms with Gasteiger partial charge in [-0.3, -0.25) is 9.78 Å². The SMILES string of the molecule is CC(C)(C)[Si](C)(C)n1cc(-c2coc(C=O)c2)c2cc(-c3ccccc3Oc3ccccc3)cnc21.O=S(=O)(c1ccccc1)n1cc(-c2ccoc2)c2cc(-c3ccccc3O)cnc21.O=S(=O)(c1ccccc1)n1cc(-c2ccoc2)c2cc(-c3ccccn3)cnc21.O=S(=O)(c1ccccc1)n1cc(-c2ncco2)c2cc(-c3cccs3)cnc21. The lowest BCUT2D eigenvalue weighted by atomic mass is 10.0. The number of furan rings is 3. The minimum atomic E-state index is -3.85. The van der Waals surface area contributed by atoms with Gasteiger partial charge in [-0.25, -0.2) is 62.1 Å². The molecule has 0 radical (unpaired) electrons. The number of rotatable bonds is 18. The van der Waals surface area contributed by atoms with Crippen molar-refractivity contribution in [2.75, 3.05) is 0 Å². The number of hydrogen-bond donors (Lipinski definition) is 1. The summed E-state index contributed by atoms with van der Waals surface area (Å²) >= 11 is 1.59. The molecular formula is C95H74N10O13S4Si. The van der Waals surface area contributed by atoms with E-state index >= 15 is 0 Å². The van der Waals surface area contributed by atoms with Crippen LogP contribution in [0.15, 0.2) is 380 Å². The number of pyridine rings is 5. The number of phenolic OH excluding ortho intramolecular Hbond substituents is 1. The van der Waals surface area contributed by atoms with Crippen LogP contribution in [0.4, 0.5) is 0 Å². The molecule has 0 saturated carbocycles. The highest BCUT2D eigenvalue weighted by molar-refractivity contribution is 7.90. The number of benzene rings is 6. The Bertz CT molecular complexity index is 7550. The molecule has 1 N–H and O–H groups in total. The Morgan fingerprint density at radius 3 is 1.39 bits per heavy atom. The fourth-order valence-corrected chi connectivity index (χ4v) is 20.7. The van der Waals surface area contributed by atoms with Crippen LogP contribution in [0.3, 0.4) is 0 Å². The zero-order valence-corrected chi connectivity index (χ0v) is 70.7. The van der Waals surface area contributed by atoms with Crippen molar-refractivity contribution < 1.29 is 57.6 Å². The maximum Gasteiger partial charge on any atom is 0.269 e. The van der Waals surface area contributed by atoms with E-state index in [9.17, 15) is 35.2 Å². The Labute approximate surface area is 711 Å². The molecule has 0 bridgehead atoms. The Morgan fingerprint density at radius 1 is 0.415 bits per heavy atom. The molecular weight excluding hydrogens is 1650 g/mol. The van der Waals surface area contributed by atoms with E-state index < -0.39 is 38.3 Å². The van der Waals surface area contributed by atoms with Crippen LogP contribution in [0, 0.1) is 0 Å². The summed E-state index contributed by atoms with van der Waals surface area (Å²) in [6.45, 7) is 11.6. The van der Waals surface area contributed by atoms with Gasteiger partial charge in [0.25, 0.3) is 30.1 Å². The van der Waals surface area contributed by atoms with E-state index in [0.29, 0.717) is 67.0 Å². The standard InChI is InChI=1S/C30H30N2O3Si.C23H16N2O4S.C22H15N3O3S.C20H13N3O3S2/c1-30(2,3)36(4,5)32-18-27(22-15-24(19-33)34-20-22)26-16-21(17-31-29(26)32)25-13-9-10-14-28(25)35-23-11-7-6-8-12-23;26-22-9-5-4-8-19(22)17-12-20-21(16-10-11-29-15-16)14-25(23(20)24-13-17)30(27,28)18-6-2-1-3-7-18;26-29(27,18-6-2-1-3-7-18)25-14-20(16-9-11-28-15-16)19-12-17(13-24-22(19)25)21-8-4-5-10-23-21;24-28(25,15-5-2-1-3-6-15)23-13-17(20-21-8-9-26-20)16-11-14(12-22-19(16)23)18-7-4-10-27-18/h6-20H,1-5H3;1-15,26H;1-15H;1-13H. The number of ether oxygens (including phenoxy) is 1. The molecule has 28 heteroatoms. The Balaban J connectivity index is 0.000000117. The van der Waals surface area contributed by atoms with Crippen molar-refractivity contribution in [3.63, 3.8) is 0 Å². The number of phenols is 1. The number of para-hydroxylation sites is 3. The lowest BCUT2D eigenvalue weighted by Gasteiger charge is -2.38. The molecule has 0 aliphatic carbocycles. The van der Waals surface area contributed by atoms with Gasteiger partial charge < -0.3 is 31.7 Å². The van der Waals surface area contributed by atoms with E-state index in [1.807, 2.05) is 121 Å². The number of thiophene rings is 1. The number of aldehydes is 1. The molecule has 0 aliphatic rings. The summed E-state index contributed by atoms with van der Waals surface area (Å²) in [4.78, 5) is 39.9. The number of aromatic hydroxyl groups is 1. The fourth-order valence-electron chi connectivity index (χ4n) is 14.1. The number of nitrogens with zero attached hydrogens (tertiary/aromatic N) is 10. The molecule has 14 heterocycles. The first kappa shape index (κ1) is 80.7. The Hall–Kier alpha value is -14.7. The summed E-state index contributed by atoms with van der Waals surface area (Å²) in [7, 11) is -13.5. The van der Waals surface area contributed by atoms with Gasteiger partial charge in [-0.1, -0.05) is 155 Å². The predicted molar refractivity (Wildman–Crippen MR) is 478 cm³/mol. The third kappa shape index (κ3) is 15.9. The van der Waals surface area contributed by atoms with Crippen LogP contribution in [0.1, 0.15) is 31.3 Å². The molecule has 0 saturated heterocycles. The van der Waals surface area contributed by atoms with Gasteiger partial charge in [-0.2, -0.15) is 0 Å². The highest BCUT2D eigenvalue weighted by atomic mass is 32.2. The van der Waals surface area contributed by atoms with Crippen LogP contribution in [-0.4, -0.2) is 90.9 Å². The van der Waals surface area contributed by atoms with Crippen molar-refractivity contribution in [2.45, 2.75) is 53.6 Å². The predicted octanol–water partition coefficient (Wildman–Crippen LogP) is 22.6. The van der Waals surface area contributed by atoms with Gasteiger partial charge in [0.15, 0.2) is 37.2 Å². The first-order chi connectivity index (χ1) is 59.5. The van der Waals surface area contributed by atoms with E-state index in [0.717, 1.165) is 89.5 Å². The normalized spacial score (nSPS) is 11.9. The second-order valence-corrected chi connectivity index (χ2v) is 41.4. The third-order valence-electron chi connectivity index (χ3n) is 21.3. The zero-order chi connectivity index (χ0) is 85.2. The van der Waals surface area contributed by atoms with Crippen molar-refractivity contribution in [2.24, 2.45) is 0 Å². The van der Waals surface area contributed by atoms with Gasteiger partial charge in [0, 0.05) is 149 Å². The van der Waals surface area contributed by atoms with Crippen LogP contribution in [-0.2, 0) is 30.1 Å². The van der Waals surface area contributed by atoms with Gasteiger partial charge in [-0.05, 0) is 132 Å². The van der Waals surface area contributed by atoms with Crippen molar-refractivity contribution in [3.05, 3.63) is 353 Å². The Morgan fingerprint density at radius 2 is 0.886 bits per heavy atom. The van der Waals surface area contributed by atoms with E-state index in [-0.39, 0.29) is 25.5 Å². The third-order valence-corrected chi connectivity index (χ3v) is 32.5. The molecule has 23 nitrogen and oxygen atoms in total. The smallest absolute Gasteiger partial charge is 0.269 e. The van der Waals surface area contributed by atoms with Crippen LogP contribution in [0.2, 0.25) is 18.1 Å². The molecule has 20 rings (SSSR count). The Kier molecular flexibility index (Phi) is 22.0. The monoisotopic (exact) mass is 1720 g/mol. The first-order valence-corrected chi connectivity index (χ1v) is 46.7. The average Bonchev–Trinajstić information content (AvgIpc) is 1.59.